The molecule has 0 unspecified atom stereocenters. The van der Waals surface area contributed by atoms with Crippen molar-refractivity contribution in [1.29, 1.82) is 0 Å². The summed E-state index contributed by atoms with van der Waals surface area (Å²) in [6, 6.07) is 15.8. The highest BCUT2D eigenvalue weighted by Crippen LogP contribution is 2.29. The van der Waals surface area contributed by atoms with Crippen LogP contribution in [0.3, 0.4) is 0 Å². The average molecular weight is 528 g/mol. The summed E-state index contributed by atoms with van der Waals surface area (Å²) in [5, 5.41) is 3.02. The molecule has 2 aromatic carbocycles. The number of imidazole rings is 2. The smallest absolute Gasteiger partial charge is 0.255 e. The van der Waals surface area contributed by atoms with Gasteiger partial charge in [-0.3, -0.25) is 9.69 Å². The van der Waals surface area contributed by atoms with Crippen molar-refractivity contribution in [2.75, 3.05) is 5.32 Å². The number of carbonyl (C=O) groups excluding carboxylic acids is 1. The van der Waals surface area contributed by atoms with Gasteiger partial charge in [0.15, 0.2) is 0 Å². The van der Waals surface area contributed by atoms with Gasteiger partial charge in [0.2, 0.25) is 0 Å². The van der Waals surface area contributed by atoms with Gasteiger partial charge in [0.25, 0.3) is 5.91 Å². The first-order chi connectivity index (χ1) is 18.9. The molecule has 2 aromatic heterocycles. The fourth-order valence-electron chi connectivity index (χ4n) is 5.16. The number of nitrogens with zero attached hydrogens (tertiary/aromatic N) is 4. The van der Waals surface area contributed by atoms with Crippen LogP contribution in [-0.4, -0.2) is 30.3 Å². The molecular weight excluding hydrogens is 486 g/mol. The number of anilines is 1. The number of benzene rings is 2. The van der Waals surface area contributed by atoms with Gasteiger partial charge >= 0.3 is 0 Å². The van der Waals surface area contributed by atoms with Crippen molar-refractivity contribution in [3.05, 3.63) is 102 Å². The minimum absolute atomic E-state index is 0.132. The van der Waals surface area contributed by atoms with E-state index in [9.17, 15) is 4.79 Å². The first-order valence-corrected chi connectivity index (χ1v) is 13.9. The van der Waals surface area contributed by atoms with Crippen LogP contribution < -0.4 is 11.1 Å². The van der Waals surface area contributed by atoms with Crippen LogP contribution in [0, 0.1) is 0 Å². The lowest BCUT2D eigenvalue weighted by Crippen LogP contribution is -2.36. The van der Waals surface area contributed by atoms with Gasteiger partial charge < -0.3 is 20.6 Å². The van der Waals surface area contributed by atoms with Crippen molar-refractivity contribution >= 4 is 11.6 Å². The molecule has 0 radical (unpaired) electrons. The lowest BCUT2D eigenvalue weighted by Gasteiger charge is -2.29. The minimum atomic E-state index is -0.317. The van der Waals surface area contributed by atoms with E-state index in [0.717, 1.165) is 60.7 Å². The molecule has 0 saturated heterocycles. The third-order valence-electron chi connectivity index (χ3n) is 7.17. The molecule has 0 aliphatic heterocycles. The van der Waals surface area contributed by atoms with Crippen molar-refractivity contribution < 1.29 is 4.79 Å². The number of nitrogens with one attached hydrogen (secondary N) is 2. The van der Waals surface area contributed by atoms with Gasteiger partial charge in [0.1, 0.15) is 11.6 Å². The predicted molar refractivity (Wildman–Crippen MR) is 156 cm³/mol. The summed E-state index contributed by atoms with van der Waals surface area (Å²) in [5.74, 6) is 1.79. The molecule has 4 rings (SSSR count). The summed E-state index contributed by atoms with van der Waals surface area (Å²) in [6.07, 6.45) is 11.4. The molecule has 39 heavy (non-hydrogen) atoms. The molecule has 8 nitrogen and oxygen atoms in total. The van der Waals surface area contributed by atoms with Gasteiger partial charge in [-0.25, -0.2) is 9.97 Å². The van der Waals surface area contributed by atoms with Crippen LogP contribution in [0.2, 0.25) is 0 Å². The van der Waals surface area contributed by atoms with E-state index in [2.05, 4.69) is 50.5 Å². The van der Waals surface area contributed by atoms with Crippen LogP contribution >= 0.6 is 0 Å². The Kier molecular flexibility index (Phi) is 9.68. The molecule has 4 aromatic rings. The second-order valence-corrected chi connectivity index (χ2v) is 10.2. The maximum Gasteiger partial charge on any atom is 0.255 e. The molecule has 0 bridgehead atoms. The van der Waals surface area contributed by atoms with Crippen LogP contribution in [-0.2, 0) is 31.7 Å². The number of aromatic amines is 1. The number of hydrogen-bond acceptors (Lipinski definition) is 5. The van der Waals surface area contributed by atoms with Crippen LogP contribution in [0.5, 0.6) is 0 Å². The number of H-pyrrole nitrogens is 1. The standard InChI is InChI=1S/C31H41N7O/c1-4-15-31(32,16-5-2)26-11-13-27(14-12-26)36-30(39)25-9-7-24(8-10-25)21-37(22-28-33-17-18-34-28)23-29-35-19-20-38(29)6-3/h7-14,17-20H,4-6,15-16,21-23,32H2,1-3H3,(H,33,34)(H,36,39). The Labute approximate surface area is 231 Å². The fraction of sp³-hybridized carbons (Fsp3) is 0.387. The Balaban J connectivity index is 1.40. The Hall–Kier alpha value is -3.75. The Morgan fingerprint density at radius 1 is 0.949 bits per heavy atom. The van der Waals surface area contributed by atoms with Gasteiger partial charge in [0, 0.05) is 54.7 Å². The molecular formula is C31H41N7O. The summed E-state index contributed by atoms with van der Waals surface area (Å²) in [6.45, 7) is 9.39. The quantitative estimate of drug-likeness (QED) is 0.191. The predicted octanol–water partition coefficient (Wildman–Crippen LogP) is 5.84. The molecule has 0 saturated carbocycles. The van der Waals surface area contributed by atoms with E-state index in [-0.39, 0.29) is 11.4 Å². The minimum Gasteiger partial charge on any atom is -0.348 e. The van der Waals surface area contributed by atoms with Gasteiger partial charge in [-0.2, -0.15) is 0 Å². The maximum absolute atomic E-state index is 13.0. The van der Waals surface area contributed by atoms with E-state index in [1.165, 1.54) is 0 Å². The number of carbonyl (C=O) groups is 1. The second kappa shape index (κ2) is 13.4. The Bertz CT molecular complexity index is 1290. The molecule has 2 heterocycles. The summed E-state index contributed by atoms with van der Waals surface area (Å²) >= 11 is 0. The van der Waals surface area contributed by atoms with Crippen molar-refractivity contribution in [2.24, 2.45) is 5.73 Å². The lowest BCUT2D eigenvalue weighted by atomic mass is 9.83. The van der Waals surface area contributed by atoms with E-state index in [0.29, 0.717) is 25.2 Å². The molecule has 8 heteroatoms. The van der Waals surface area contributed by atoms with Gasteiger partial charge in [-0.15, -0.1) is 0 Å². The SMILES string of the molecule is CCCC(N)(CCC)c1ccc(NC(=O)c2ccc(CN(Cc3ncc[nH]3)Cc3nccn3CC)cc2)cc1. The molecule has 206 valence electrons. The highest BCUT2D eigenvalue weighted by Gasteiger charge is 2.25. The topological polar surface area (TPSA) is 105 Å². The first-order valence-electron chi connectivity index (χ1n) is 13.9. The van der Waals surface area contributed by atoms with E-state index >= 15 is 0 Å². The maximum atomic E-state index is 13.0. The van der Waals surface area contributed by atoms with Gasteiger partial charge in [0.05, 0.1) is 13.1 Å². The second-order valence-electron chi connectivity index (χ2n) is 10.2. The monoisotopic (exact) mass is 527 g/mol. The zero-order valence-electron chi connectivity index (χ0n) is 23.4. The van der Waals surface area contributed by atoms with E-state index in [1.807, 2.05) is 67.1 Å². The van der Waals surface area contributed by atoms with E-state index in [1.54, 1.807) is 6.20 Å². The van der Waals surface area contributed by atoms with Crippen LogP contribution in [0.15, 0.2) is 73.3 Å². The molecule has 0 spiro atoms. The van der Waals surface area contributed by atoms with Crippen LogP contribution in [0.1, 0.15) is 79.6 Å². The van der Waals surface area contributed by atoms with Crippen molar-refractivity contribution in [1.82, 2.24) is 24.4 Å². The third kappa shape index (κ3) is 7.43. The van der Waals surface area contributed by atoms with Gasteiger partial charge in [-0.1, -0.05) is 51.0 Å². The van der Waals surface area contributed by atoms with Gasteiger partial charge in [-0.05, 0) is 55.2 Å². The summed E-state index contributed by atoms with van der Waals surface area (Å²) in [7, 11) is 0. The Morgan fingerprint density at radius 2 is 1.67 bits per heavy atom. The number of aromatic nitrogens is 4. The highest BCUT2D eigenvalue weighted by molar-refractivity contribution is 6.04. The molecule has 0 aliphatic rings. The highest BCUT2D eigenvalue weighted by atomic mass is 16.1. The first kappa shape index (κ1) is 28.3. The molecule has 0 aliphatic carbocycles. The van der Waals surface area contributed by atoms with Crippen LogP contribution in [0.25, 0.3) is 0 Å². The Morgan fingerprint density at radius 3 is 2.28 bits per heavy atom. The molecule has 4 N–H and O–H groups in total. The normalized spacial score (nSPS) is 11.7. The number of hydrogen-bond donors (Lipinski definition) is 3. The van der Waals surface area contributed by atoms with Crippen LogP contribution in [0.4, 0.5) is 5.69 Å². The number of rotatable bonds is 14. The summed E-state index contributed by atoms with van der Waals surface area (Å²) < 4.78 is 2.15. The molecule has 0 atom stereocenters. The number of nitrogens with two attached hydrogens (primary N) is 1. The zero-order chi connectivity index (χ0) is 27.7. The molecule has 0 fully saturated rings. The zero-order valence-corrected chi connectivity index (χ0v) is 23.4. The average Bonchev–Trinajstić information content (AvgIpc) is 3.61. The molecule has 1 amide bonds. The van der Waals surface area contributed by atoms with E-state index < -0.39 is 0 Å². The summed E-state index contributed by atoms with van der Waals surface area (Å²) in [4.78, 5) is 27.4. The third-order valence-corrected chi connectivity index (χ3v) is 7.17. The number of aryl methyl sites for hydroxylation is 1. The van der Waals surface area contributed by atoms with Crippen molar-refractivity contribution in [2.45, 2.75) is 78.2 Å². The summed E-state index contributed by atoms with van der Waals surface area (Å²) in [5.41, 5.74) is 10.0. The fourth-order valence-corrected chi connectivity index (χ4v) is 5.16. The lowest BCUT2D eigenvalue weighted by molar-refractivity contribution is 0.102. The van der Waals surface area contributed by atoms with Crippen molar-refractivity contribution in [3.8, 4) is 0 Å². The van der Waals surface area contributed by atoms with Crippen molar-refractivity contribution in [3.63, 3.8) is 0 Å². The largest absolute Gasteiger partial charge is 0.348 e. The van der Waals surface area contributed by atoms with E-state index in [4.69, 9.17) is 5.73 Å². The number of amides is 1.